The van der Waals surface area contributed by atoms with Gasteiger partial charge in [-0.1, -0.05) is 13.0 Å². The Kier molecular flexibility index (Phi) is 4.84. The zero-order chi connectivity index (χ0) is 15.5. The largest absolute Gasteiger partial charge is 0.326 e. The minimum Gasteiger partial charge on any atom is -0.326 e. The standard InChI is InChI=1S/C14H21N3O3S/c1-10-5-7-11(8-6-10)14(18)16-12-3-2-4-13(9-12)17-21(15,19)20/h2-4,9-11,17H,5-8H2,1H3,(H,16,18)(H2,15,19,20). The number of anilines is 2. The van der Waals surface area contributed by atoms with Gasteiger partial charge in [-0.05, 0) is 49.8 Å². The Bertz CT molecular complexity index is 608. The molecule has 21 heavy (non-hydrogen) atoms. The van der Waals surface area contributed by atoms with Gasteiger partial charge in [0.05, 0.1) is 5.69 Å². The Balaban J connectivity index is 1.99. The van der Waals surface area contributed by atoms with Gasteiger partial charge in [0.15, 0.2) is 0 Å². The summed E-state index contributed by atoms with van der Waals surface area (Å²) in [6.07, 6.45) is 3.96. The van der Waals surface area contributed by atoms with Crippen molar-refractivity contribution >= 4 is 27.5 Å². The molecule has 4 N–H and O–H groups in total. The lowest BCUT2D eigenvalue weighted by atomic mass is 9.82. The highest BCUT2D eigenvalue weighted by Gasteiger charge is 2.24. The maximum Gasteiger partial charge on any atom is 0.296 e. The van der Waals surface area contributed by atoms with Crippen molar-refractivity contribution in [2.45, 2.75) is 32.6 Å². The summed E-state index contributed by atoms with van der Waals surface area (Å²) in [5.74, 6) is 0.724. The van der Waals surface area contributed by atoms with Crippen LogP contribution in [0.3, 0.4) is 0 Å². The summed E-state index contributed by atoms with van der Waals surface area (Å²) < 4.78 is 24.2. The fourth-order valence-corrected chi connectivity index (χ4v) is 3.05. The summed E-state index contributed by atoms with van der Waals surface area (Å²) in [4.78, 5) is 12.2. The molecule has 6 nitrogen and oxygen atoms in total. The molecule has 0 spiro atoms. The molecule has 1 aromatic rings. The third-order valence-electron chi connectivity index (χ3n) is 3.78. The van der Waals surface area contributed by atoms with E-state index < -0.39 is 10.2 Å². The molecular weight excluding hydrogens is 290 g/mol. The quantitative estimate of drug-likeness (QED) is 0.793. The van der Waals surface area contributed by atoms with Crippen LogP contribution in [-0.2, 0) is 15.0 Å². The number of hydrogen-bond acceptors (Lipinski definition) is 3. The third-order valence-corrected chi connectivity index (χ3v) is 4.30. The normalized spacial score (nSPS) is 22.6. The highest BCUT2D eigenvalue weighted by Crippen LogP contribution is 2.29. The maximum absolute atomic E-state index is 12.2. The van der Waals surface area contributed by atoms with Crippen LogP contribution in [-0.4, -0.2) is 14.3 Å². The minimum absolute atomic E-state index is 0.00495. The van der Waals surface area contributed by atoms with Gasteiger partial charge in [-0.15, -0.1) is 0 Å². The van der Waals surface area contributed by atoms with Gasteiger partial charge in [0.1, 0.15) is 0 Å². The van der Waals surface area contributed by atoms with E-state index in [1.54, 1.807) is 24.3 Å². The second-order valence-corrected chi connectivity index (χ2v) is 6.97. The van der Waals surface area contributed by atoms with Crippen molar-refractivity contribution in [3.63, 3.8) is 0 Å². The highest BCUT2D eigenvalue weighted by atomic mass is 32.2. The van der Waals surface area contributed by atoms with Gasteiger partial charge >= 0.3 is 0 Å². The monoisotopic (exact) mass is 311 g/mol. The molecule has 0 atom stereocenters. The first-order chi connectivity index (χ1) is 9.83. The van der Waals surface area contributed by atoms with E-state index >= 15 is 0 Å². The summed E-state index contributed by atoms with van der Waals surface area (Å²) in [6.45, 7) is 2.20. The summed E-state index contributed by atoms with van der Waals surface area (Å²) in [5, 5.41) is 7.76. The van der Waals surface area contributed by atoms with Crippen LogP contribution in [0.25, 0.3) is 0 Å². The number of benzene rings is 1. The number of carbonyl (C=O) groups excluding carboxylic acids is 1. The van der Waals surface area contributed by atoms with Crippen molar-refractivity contribution in [3.05, 3.63) is 24.3 Å². The van der Waals surface area contributed by atoms with Crippen LogP contribution in [0, 0.1) is 11.8 Å². The van der Waals surface area contributed by atoms with Gasteiger partial charge in [-0.2, -0.15) is 8.42 Å². The van der Waals surface area contributed by atoms with Gasteiger partial charge < -0.3 is 5.32 Å². The average molecular weight is 311 g/mol. The van der Waals surface area contributed by atoms with E-state index in [0.29, 0.717) is 17.3 Å². The molecule has 0 bridgehead atoms. The number of amides is 1. The fourth-order valence-electron chi connectivity index (χ4n) is 2.59. The van der Waals surface area contributed by atoms with E-state index in [1.807, 2.05) is 0 Å². The Morgan fingerprint density at radius 1 is 1.19 bits per heavy atom. The van der Waals surface area contributed by atoms with Crippen LogP contribution in [0.5, 0.6) is 0 Å². The lowest BCUT2D eigenvalue weighted by Gasteiger charge is -2.25. The van der Waals surface area contributed by atoms with Crippen LogP contribution < -0.4 is 15.2 Å². The highest BCUT2D eigenvalue weighted by molar-refractivity contribution is 7.90. The van der Waals surface area contributed by atoms with Crippen LogP contribution in [0.1, 0.15) is 32.6 Å². The number of hydrogen-bond donors (Lipinski definition) is 3. The van der Waals surface area contributed by atoms with Crippen LogP contribution in [0.15, 0.2) is 24.3 Å². The molecule has 116 valence electrons. The predicted octanol–water partition coefficient (Wildman–Crippen LogP) is 2.07. The zero-order valence-corrected chi connectivity index (χ0v) is 12.8. The first-order valence-corrected chi connectivity index (χ1v) is 8.59. The second-order valence-electron chi connectivity index (χ2n) is 5.67. The molecule has 1 aromatic carbocycles. The van der Waals surface area contributed by atoms with E-state index in [1.165, 1.54) is 0 Å². The van der Waals surface area contributed by atoms with Gasteiger partial charge in [-0.25, -0.2) is 5.14 Å². The third kappa shape index (κ3) is 5.02. The van der Waals surface area contributed by atoms with Gasteiger partial charge in [0.2, 0.25) is 5.91 Å². The van der Waals surface area contributed by atoms with Crippen molar-refractivity contribution in [2.75, 3.05) is 10.0 Å². The van der Waals surface area contributed by atoms with Gasteiger partial charge in [0, 0.05) is 11.6 Å². The summed E-state index contributed by atoms with van der Waals surface area (Å²) in [6, 6.07) is 6.50. The Labute approximate surface area is 125 Å². The van der Waals surface area contributed by atoms with E-state index in [-0.39, 0.29) is 11.8 Å². The van der Waals surface area contributed by atoms with Crippen LogP contribution >= 0.6 is 0 Å². The zero-order valence-electron chi connectivity index (χ0n) is 12.0. The molecular formula is C14H21N3O3S. The Hall–Kier alpha value is -1.60. The topological polar surface area (TPSA) is 101 Å². The molecule has 1 saturated carbocycles. The first-order valence-electron chi connectivity index (χ1n) is 7.05. The van der Waals surface area contributed by atoms with Crippen molar-refractivity contribution < 1.29 is 13.2 Å². The van der Waals surface area contributed by atoms with Crippen molar-refractivity contribution in [2.24, 2.45) is 17.0 Å². The number of rotatable bonds is 4. The summed E-state index contributed by atoms with van der Waals surface area (Å²) >= 11 is 0. The number of nitrogens with two attached hydrogens (primary N) is 1. The lowest BCUT2D eigenvalue weighted by Crippen LogP contribution is -2.26. The molecule has 0 aromatic heterocycles. The van der Waals surface area contributed by atoms with Gasteiger partial charge in [-0.3, -0.25) is 9.52 Å². The molecule has 0 radical (unpaired) electrons. The predicted molar refractivity (Wildman–Crippen MR) is 82.9 cm³/mol. The Morgan fingerprint density at radius 2 is 1.81 bits per heavy atom. The summed E-state index contributed by atoms with van der Waals surface area (Å²) in [5.41, 5.74) is 0.889. The molecule has 0 aliphatic heterocycles. The number of carbonyl (C=O) groups is 1. The van der Waals surface area contributed by atoms with Crippen molar-refractivity contribution in [1.82, 2.24) is 0 Å². The smallest absolute Gasteiger partial charge is 0.296 e. The van der Waals surface area contributed by atoms with Crippen LogP contribution in [0.2, 0.25) is 0 Å². The second kappa shape index (κ2) is 6.44. The van der Waals surface area contributed by atoms with Crippen LogP contribution in [0.4, 0.5) is 11.4 Å². The van der Waals surface area contributed by atoms with E-state index in [9.17, 15) is 13.2 Å². The fraction of sp³-hybridized carbons (Fsp3) is 0.500. The molecule has 0 saturated heterocycles. The molecule has 1 fully saturated rings. The van der Waals surface area contributed by atoms with Crippen molar-refractivity contribution in [3.8, 4) is 0 Å². The van der Waals surface area contributed by atoms with E-state index in [0.717, 1.165) is 25.7 Å². The van der Waals surface area contributed by atoms with E-state index in [4.69, 9.17) is 5.14 Å². The molecule has 0 heterocycles. The van der Waals surface area contributed by atoms with E-state index in [2.05, 4.69) is 17.0 Å². The minimum atomic E-state index is -3.81. The molecule has 1 aliphatic carbocycles. The molecule has 0 unspecified atom stereocenters. The maximum atomic E-state index is 12.2. The average Bonchev–Trinajstić information content (AvgIpc) is 2.37. The van der Waals surface area contributed by atoms with Gasteiger partial charge in [0.25, 0.3) is 10.2 Å². The molecule has 2 rings (SSSR count). The molecule has 7 heteroatoms. The SMILES string of the molecule is CC1CCC(C(=O)Nc2cccc(NS(N)(=O)=O)c2)CC1. The first kappa shape index (κ1) is 15.8. The number of nitrogens with one attached hydrogen (secondary N) is 2. The lowest BCUT2D eigenvalue weighted by molar-refractivity contribution is -0.121. The molecule has 1 aliphatic rings. The Morgan fingerprint density at radius 3 is 2.43 bits per heavy atom. The molecule has 1 amide bonds. The summed E-state index contributed by atoms with van der Waals surface area (Å²) in [7, 11) is -3.81. The van der Waals surface area contributed by atoms with Crippen molar-refractivity contribution in [1.29, 1.82) is 0 Å².